The van der Waals surface area contributed by atoms with Crippen molar-refractivity contribution in [2.45, 2.75) is 58.2 Å². The summed E-state index contributed by atoms with van der Waals surface area (Å²) >= 11 is 0. The number of aliphatic hydroxyl groups is 1. The van der Waals surface area contributed by atoms with Gasteiger partial charge in [-0.2, -0.15) is 0 Å². The standard InChI is InChI=1S/C24H31NO5/c1-16(2)18-7-9-19(10-8-18)23(26)25-14-20-13-17(6-11-21(20)28-3)15-30-24(27)22-5-4-12-29-22/h6-11,13,16,22,24,27H,4-5,12,14-15H2,1-3H3,(H,25,26). The Morgan fingerprint density at radius 2 is 2.00 bits per heavy atom. The lowest BCUT2D eigenvalue weighted by molar-refractivity contribution is -0.171. The van der Waals surface area contributed by atoms with Crippen molar-refractivity contribution in [3.05, 3.63) is 64.7 Å². The molecule has 0 spiro atoms. The summed E-state index contributed by atoms with van der Waals surface area (Å²) < 4.78 is 16.4. The normalized spacial score (nSPS) is 17.2. The van der Waals surface area contributed by atoms with E-state index in [9.17, 15) is 9.90 Å². The molecule has 2 unspecified atom stereocenters. The van der Waals surface area contributed by atoms with Crippen LogP contribution in [-0.2, 0) is 22.6 Å². The lowest BCUT2D eigenvalue weighted by Gasteiger charge is -2.18. The van der Waals surface area contributed by atoms with E-state index in [1.54, 1.807) is 7.11 Å². The van der Waals surface area contributed by atoms with Gasteiger partial charge in [0.25, 0.3) is 5.91 Å². The average Bonchev–Trinajstić information content (AvgIpc) is 3.31. The number of rotatable bonds is 9. The third-order valence-corrected chi connectivity index (χ3v) is 5.33. The summed E-state index contributed by atoms with van der Waals surface area (Å²) in [6.45, 7) is 5.49. The first-order valence-electron chi connectivity index (χ1n) is 10.4. The smallest absolute Gasteiger partial charge is 0.251 e. The van der Waals surface area contributed by atoms with E-state index in [0.29, 0.717) is 30.4 Å². The Bertz CT molecular complexity index is 828. The molecule has 2 atom stereocenters. The third-order valence-electron chi connectivity index (χ3n) is 5.33. The fraction of sp³-hybridized carbons (Fsp3) is 0.458. The van der Waals surface area contributed by atoms with Crippen LogP contribution in [0.15, 0.2) is 42.5 Å². The minimum Gasteiger partial charge on any atom is -0.496 e. The molecule has 1 fully saturated rings. The van der Waals surface area contributed by atoms with Gasteiger partial charge in [-0.1, -0.05) is 32.0 Å². The number of aliphatic hydroxyl groups excluding tert-OH is 1. The largest absolute Gasteiger partial charge is 0.496 e. The van der Waals surface area contributed by atoms with E-state index in [4.69, 9.17) is 14.2 Å². The van der Waals surface area contributed by atoms with Crippen LogP contribution in [0.4, 0.5) is 0 Å². The summed E-state index contributed by atoms with van der Waals surface area (Å²) in [5.41, 5.74) is 3.55. The van der Waals surface area contributed by atoms with Crippen LogP contribution in [0.1, 0.15) is 59.7 Å². The van der Waals surface area contributed by atoms with Crippen LogP contribution < -0.4 is 10.1 Å². The minimum absolute atomic E-state index is 0.136. The highest BCUT2D eigenvalue weighted by Crippen LogP contribution is 2.22. The van der Waals surface area contributed by atoms with Crippen molar-refractivity contribution in [3.8, 4) is 5.75 Å². The van der Waals surface area contributed by atoms with Gasteiger partial charge in [0.05, 0.1) is 13.7 Å². The van der Waals surface area contributed by atoms with E-state index in [1.807, 2.05) is 42.5 Å². The first-order valence-corrected chi connectivity index (χ1v) is 10.4. The number of hydrogen-bond donors (Lipinski definition) is 2. The topological polar surface area (TPSA) is 77.0 Å². The summed E-state index contributed by atoms with van der Waals surface area (Å²) in [4.78, 5) is 12.5. The highest BCUT2D eigenvalue weighted by molar-refractivity contribution is 5.94. The molecule has 0 saturated carbocycles. The van der Waals surface area contributed by atoms with Crippen molar-refractivity contribution in [2.75, 3.05) is 13.7 Å². The number of hydrogen-bond acceptors (Lipinski definition) is 5. The Morgan fingerprint density at radius 1 is 1.23 bits per heavy atom. The highest BCUT2D eigenvalue weighted by Gasteiger charge is 2.24. The van der Waals surface area contributed by atoms with E-state index in [1.165, 1.54) is 5.56 Å². The predicted molar refractivity (Wildman–Crippen MR) is 114 cm³/mol. The number of carbonyl (C=O) groups is 1. The lowest BCUT2D eigenvalue weighted by atomic mass is 10.0. The minimum atomic E-state index is -0.938. The third kappa shape index (κ3) is 5.81. The van der Waals surface area contributed by atoms with Gasteiger partial charge in [0.1, 0.15) is 11.9 Å². The van der Waals surface area contributed by atoms with Gasteiger partial charge in [-0.25, -0.2) is 0 Å². The molecule has 2 aromatic carbocycles. The molecule has 0 bridgehead atoms. The molecule has 1 aliphatic heterocycles. The van der Waals surface area contributed by atoms with Gasteiger partial charge in [0.15, 0.2) is 6.29 Å². The van der Waals surface area contributed by atoms with Crippen LogP contribution in [0.3, 0.4) is 0 Å². The second-order valence-electron chi connectivity index (χ2n) is 7.86. The Morgan fingerprint density at radius 3 is 2.63 bits per heavy atom. The van der Waals surface area contributed by atoms with Gasteiger partial charge in [-0.15, -0.1) is 0 Å². The molecule has 1 saturated heterocycles. The van der Waals surface area contributed by atoms with E-state index < -0.39 is 6.29 Å². The van der Waals surface area contributed by atoms with E-state index in [-0.39, 0.29) is 18.6 Å². The first kappa shape index (κ1) is 22.3. The SMILES string of the molecule is COc1ccc(COC(O)C2CCCO2)cc1CNC(=O)c1ccc(C(C)C)cc1. The van der Waals surface area contributed by atoms with Gasteiger partial charge in [0, 0.05) is 24.3 Å². The van der Waals surface area contributed by atoms with Crippen LogP contribution in [0.5, 0.6) is 5.75 Å². The van der Waals surface area contributed by atoms with E-state index in [0.717, 1.165) is 24.0 Å². The van der Waals surface area contributed by atoms with Gasteiger partial charge in [-0.05, 0) is 54.2 Å². The summed E-state index contributed by atoms with van der Waals surface area (Å²) in [6.07, 6.45) is 0.548. The van der Waals surface area contributed by atoms with Gasteiger partial charge in [-0.3, -0.25) is 4.79 Å². The highest BCUT2D eigenvalue weighted by atomic mass is 16.6. The fourth-order valence-electron chi connectivity index (χ4n) is 3.47. The maximum atomic E-state index is 12.5. The van der Waals surface area contributed by atoms with Gasteiger partial charge >= 0.3 is 0 Å². The molecule has 1 aliphatic rings. The molecule has 2 N–H and O–H groups in total. The van der Waals surface area contributed by atoms with Crippen molar-refractivity contribution < 1.29 is 24.1 Å². The Hall–Kier alpha value is -2.41. The van der Waals surface area contributed by atoms with Crippen LogP contribution in [0.2, 0.25) is 0 Å². The molecule has 30 heavy (non-hydrogen) atoms. The van der Waals surface area contributed by atoms with Gasteiger partial charge in [0.2, 0.25) is 0 Å². The molecule has 162 valence electrons. The fourth-order valence-corrected chi connectivity index (χ4v) is 3.47. The van der Waals surface area contributed by atoms with Crippen LogP contribution in [0.25, 0.3) is 0 Å². The Labute approximate surface area is 178 Å². The van der Waals surface area contributed by atoms with Crippen LogP contribution in [-0.4, -0.2) is 37.1 Å². The molecule has 1 heterocycles. The molecular weight excluding hydrogens is 382 g/mol. The quantitative estimate of drug-likeness (QED) is 0.612. The average molecular weight is 414 g/mol. The summed E-state index contributed by atoms with van der Waals surface area (Å²) in [6, 6.07) is 13.3. The zero-order chi connectivity index (χ0) is 21.5. The molecule has 1 amide bonds. The van der Waals surface area contributed by atoms with E-state index >= 15 is 0 Å². The second-order valence-corrected chi connectivity index (χ2v) is 7.86. The summed E-state index contributed by atoms with van der Waals surface area (Å²) in [5.74, 6) is 0.978. The number of benzene rings is 2. The summed E-state index contributed by atoms with van der Waals surface area (Å²) in [7, 11) is 1.60. The maximum Gasteiger partial charge on any atom is 0.251 e. The zero-order valence-corrected chi connectivity index (χ0v) is 17.9. The molecule has 3 rings (SSSR count). The monoisotopic (exact) mass is 413 g/mol. The molecule has 2 aromatic rings. The van der Waals surface area contributed by atoms with Crippen molar-refractivity contribution in [1.29, 1.82) is 0 Å². The molecule has 6 heteroatoms. The molecule has 0 aromatic heterocycles. The lowest BCUT2D eigenvalue weighted by Crippen LogP contribution is -2.27. The molecule has 0 aliphatic carbocycles. The molecular formula is C24H31NO5. The number of amides is 1. The molecule has 6 nitrogen and oxygen atoms in total. The van der Waals surface area contributed by atoms with Crippen LogP contribution in [0, 0.1) is 0 Å². The van der Waals surface area contributed by atoms with Crippen molar-refractivity contribution in [2.24, 2.45) is 0 Å². The molecule has 0 radical (unpaired) electrons. The predicted octanol–water partition coefficient (Wildman–Crippen LogP) is 3.76. The number of carbonyl (C=O) groups excluding carboxylic acids is 1. The zero-order valence-electron chi connectivity index (χ0n) is 17.9. The number of ether oxygens (including phenoxy) is 3. The van der Waals surface area contributed by atoms with Crippen molar-refractivity contribution in [1.82, 2.24) is 5.32 Å². The van der Waals surface area contributed by atoms with Crippen molar-refractivity contribution >= 4 is 5.91 Å². The second kappa shape index (κ2) is 10.6. The Balaban J connectivity index is 1.59. The number of nitrogens with one attached hydrogen (secondary N) is 1. The van der Waals surface area contributed by atoms with Crippen molar-refractivity contribution in [3.63, 3.8) is 0 Å². The summed E-state index contributed by atoms with van der Waals surface area (Å²) in [5, 5.41) is 13.1. The van der Waals surface area contributed by atoms with E-state index in [2.05, 4.69) is 19.2 Å². The maximum absolute atomic E-state index is 12.5. The first-order chi connectivity index (χ1) is 14.5. The number of methoxy groups -OCH3 is 1. The Kier molecular flexibility index (Phi) is 7.85. The van der Waals surface area contributed by atoms with Gasteiger partial charge < -0.3 is 24.6 Å². The van der Waals surface area contributed by atoms with Crippen LogP contribution >= 0.6 is 0 Å².